The van der Waals surface area contributed by atoms with Crippen LogP contribution in [0.3, 0.4) is 0 Å². The summed E-state index contributed by atoms with van der Waals surface area (Å²) in [5, 5.41) is 11.9. The van der Waals surface area contributed by atoms with E-state index in [1.54, 1.807) is 24.3 Å². The maximum atomic E-state index is 12.0. The van der Waals surface area contributed by atoms with E-state index in [0.717, 1.165) is 0 Å². The molecule has 0 spiro atoms. The molecule has 0 radical (unpaired) electrons. The van der Waals surface area contributed by atoms with Gasteiger partial charge >= 0.3 is 5.97 Å². The highest BCUT2D eigenvalue weighted by atomic mass is 16.5. The highest BCUT2D eigenvalue weighted by Gasteiger charge is 2.11. The third-order valence-electron chi connectivity index (χ3n) is 3.53. The Labute approximate surface area is 156 Å². The fourth-order valence-electron chi connectivity index (χ4n) is 2.27. The SMILES string of the molecule is O=C(COC(=O)c1ccc(O)cc1)Nc1cccc(Oc2ccccc2)c1. The highest BCUT2D eigenvalue weighted by molar-refractivity contribution is 5.95. The third kappa shape index (κ3) is 5.34. The summed E-state index contributed by atoms with van der Waals surface area (Å²) in [6.45, 7) is -0.427. The minimum atomic E-state index is -0.647. The van der Waals surface area contributed by atoms with Gasteiger partial charge in [-0.2, -0.15) is 0 Å². The summed E-state index contributed by atoms with van der Waals surface area (Å²) in [6, 6.07) is 21.7. The van der Waals surface area contributed by atoms with Crippen molar-refractivity contribution in [1.29, 1.82) is 0 Å². The van der Waals surface area contributed by atoms with Gasteiger partial charge in [0.05, 0.1) is 5.56 Å². The molecule has 0 aromatic heterocycles. The Kier molecular flexibility index (Phi) is 5.69. The molecule has 0 fully saturated rings. The van der Waals surface area contributed by atoms with Crippen LogP contribution in [0.1, 0.15) is 10.4 Å². The number of aromatic hydroxyl groups is 1. The Morgan fingerprint density at radius 3 is 2.30 bits per heavy atom. The van der Waals surface area contributed by atoms with Gasteiger partial charge in [0.25, 0.3) is 5.91 Å². The molecule has 3 rings (SSSR count). The van der Waals surface area contributed by atoms with E-state index in [4.69, 9.17) is 9.47 Å². The van der Waals surface area contributed by atoms with Crippen molar-refractivity contribution < 1.29 is 24.2 Å². The maximum absolute atomic E-state index is 12.0. The van der Waals surface area contributed by atoms with Crippen LogP contribution in [0.5, 0.6) is 17.2 Å². The highest BCUT2D eigenvalue weighted by Crippen LogP contribution is 2.23. The number of rotatable bonds is 6. The lowest BCUT2D eigenvalue weighted by atomic mass is 10.2. The molecule has 0 saturated carbocycles. The molecule has 0 saturated heterocycles. The van der Waals surface area contributed by atoms with Crippen LogP contribution in [-0.4, -0.2) is 23.6 Å². The lowest BCUT2D eigenvalue weighted by Gasteiger charge is -2.09. The van der Waals surface area contributed by atoms with Crippen molar-refractivity contribution in [2.75, 3.05) is 11.9 Å². The lowest BCUT2D eigenvalue weighted by molar-refractivity contribution is -0.119. The fraction of sp³-hybridized carbons (Fsp3) is 0.0476. The standard InChI is InChI=1S/C21H17NO5/c23-17-11-9-15(10-12-17)21(25)26-14-20(24)22-16-5-4-8-19(13-16)27-18-6-2-1-3-7-18/h1-13,23H,14H2,(H,22,24). The third-order valence-corrected chi connectivity index (χ3v) is 3.53. The molecular formula is C21H17NO5. The predicted octanol–water partition coefficient (Wildman–Crippen LogP) is 3.98. The number of nitrogens with one attached hydrogen (secondary N) is 1. The summed E-state index contributed by atoms with van der Waals surface area (Å²) in [5.41, 5.74) is 0.771. The lowest BCUT2D eigenvalue weighted by Crippen LogP contribution is -2.20. The first-order valence-corrected chi connectivity index (χ1v) is 8.19. The zero-order valence-corrected chi connectivity index (χ0v) is 14.3. The van der Waals surface area contributed by atoms with Crippen molar-refractivity contribution in [3.8, 4) is 17.2 Å². The molecule has 0 unspecified atom stereocenters. The Bertz CT molecular complexity index is 923. The molecule has 136 valence electrons. The van der Waals surface area contributed by atoms with Crippen LogP contribution in [-0.2, 0) is 9.53 Å². The number of carbonyl (C=O) groups excluding carboxylic acids is 2. The van der Waals surface area contributed by atoms with E-state index < -0.39 is 18.5 Å². The van der Waals surface area contributed by atoms with Crippen LogP contribution < -0.4 is 10.1 Å². The summed E-state index contributed by atoms with van der Waals surface area (Å²) in [4.78, 5) is 23.9. The van der Waals surface area contributed by atoms with E-state index in [1.807, 2.05) is 30.3 Å². The number of amides is 1. The predicted molar refractivity (Wildman–Crippen MR) is 100.0 cm³/mol. The number of esters is 1. The molecule has 6 heteroatoms. The van der Waals surface area contributed by atoms with Gasteiger partial charge in [0, 0.05) is 11.8 Å². The first kappa shape index (κ1) is 18.0. The molecule has 0 aliphatic rings. The number of anilines is 1. The van der Waals surface area contributed by atoms with E-state index in [2.05, 4.69) is 5.32 Å². The molecule has 0 bridgehead atoms. The number of hydrogen-bond acceptors (Lipinski definition) is 5. The minimum absolute atomic E-state index is 0.0434. The van der Waals surface area contributed by atoms with Crippen LogP contribution in [0, 0.1) is 0 Å². The van der Waals surface area contributed by atoms with Crippen LogP contribution in [0.15, 0.2) is 78.9 Å². The van der Waals surface area contributed by atoms with E-state index in [1.165, 1.54) is 24.3 Å². The second-order valence-corrected chi connectivity index (χ2v) is 5.61. The molecule has 3 aromatic rings. The second kappa shape index (κ2) is 8.53. The van der Waals surface area contributed by atoms with Crippen molar-refractivity contribution in [3.63, 3.8) is 0 Å². The van der Waals surface area contributed by atoms with Gasteiger partial charge in [0.15, 0.2) is 6.61 Å². The second-order valence-electron chi connectivity index (χ2n) is 5.61. The van der Waals surface area contributed by atoms with Crippen molar-refractivity contribution in [2.24, 2.45) is 0 Å². The van der Waals surface area contributed by atoms with Crippen molar-refractivity contribution in [1.82, 2.24) is 0 Å². The number of para-hydroxylation sites is 1. The molecular weight excluding hydrogens is 346 g/mol. The number of phenols is 1. The quantitative estimate of drug-likeness (QED) is 0.647. The molecule has 3 aromatic carbocycles. The Hall–Kier alpha value is -3.80. The average Bonchev–Trinajstić information content (AvgIpc) is 2.68. The first-order valence-electron chi connectivity index (χ1n) is 8.19. The van der Waals surface area contributed by atoms with Gasteiger partial charge in [-0.05, 0) is 48.5 Å². The number of benzene rings is 3. The van der Waals surface area contributed by atoms with Crippen molar-refractivity contribution >= 4 is 17.6 Å². The van der Waals surface area contributed by atoms with Crippen LogP contribution in [0.25, 0.3) is 0 Å². The zero-order chi connectivity index (χ0) is 19.1. The van der Waals surface area contributed by atoms with Crippen LogP contribution in [0.2, 0.25) is 0 Å². The average molecular weight is 363 g/mol. The summed E-state index contributed by atoms with van der Waals surface area (Å²) in [5.74, 6) is 0.177. The molecule has 0 aliphatic carbocycles. The van der Waals surface area contributed by atoms with Gasteiger partial charge in [-0.15, -0.1) is 0 Å². The van der Waals surface area contributed by atoms with E-state index in [9.17, 15) is 14.7 Å². The van der Waals surface area contributed by atoms with E-state index in [-0.39, 0.29) is 11.3 Å². The number of hydrogen-bond donors (Lipinski definition) is 2. The van der Waals surface area contributed by atoms with Gasteiger partial charge in [0.2, 0.25) is 0 Å². The topological polar surface area (TPSA) is 84.9 Å². The first-order chi connectivity index (χ1) is 13.1. The summed E-state index contributed by atoms with van der Waals surface area (Å²) >= 11 is 0. The van der Waals surface area contributed by atoms with E-state index in [0.29, 0.717) is 17.2 Å². The van der Waals surface area contributed by atoms with E-state index >= 15 is 0 Å². The van der Waals surface area contributed by atoms with Crippen LogP contribution >= 0.6 is 0 Å². The number of carbonyl (C=O) groups is 2. The van der Waals surface area contributed by atoms with Crippen molar-refractivity contribution in [3.05, 3.63) is 84.4 Å². The van der Waals surface area contributed by atoms with Gasteiger partial charge in [-0.3, -0.25) is 4.79 Å². The molecule has 0 aliphatic heterocycles. The largest absolute Gasteiger partial charge is 0.508 e. The molecule has 2 N–H and O–H groups in total. The molecule has 6 nitrogen and oxygen atoms in total. The van der Waals surface area contributed by atoms with Gasteiger partial charge in [-0.25, -0.2) is 4.79 Å². The van der Waals surface area contributed by atoms with Gasteiger partial charge in [-0.1, -0.05) is 24.3 Å². The Balaban J connectivity index is 1.54. The fourth-order valence-corrected chi connectivity index (χ4v) is 2.27. The number of ether oxygens (including phenoxy) is 2. The zero-order valence-electron chi connectivity index (χ0n) is 14.3. The molecule has 1 amide bonds. The van der Waals surface area contributed by atoms with Crippen molar-refractivity contribution in [2.45, 2.75) is 0 Å². The summed E-state index contributed by atoms with van der Waals surface area (Å²) < 4.78 is 10.7. The Morgan fingerprint density at radius 2 is 1.56 bits per heavy atom. The smallest absolute Gasteiger partial charge is 0.338 e. The Morgan fingerprint density at radius 1 is 0.852 bits per heavy atom. The van der Waals surface area contributed by atoms with Crippen LogP contribution in [0.4, 0.5) is 5.69 Å². The monoisotopic (exact) mass is 363 g/mol. The maximum Gasteiger partial charge on any atom is 0.338 e. The molecule has 27 heavy (non-hydrogen) atoms. The minimum Gasteiger partial charge on any atom is -0.508 e. The summed E-state index contributed by atoms with van der Waals surface area (Å²) in [7, 11) is 0. The van der Waals surface area contributed by atoms with Gasteiger partial charge < -0.3 is 19.9 Å². The normalized spacial score (nSPS) is 10.1. The van der Waals surface area contributed by atoms with Gasteiger partial charge in [0.1, 0.15) is 17.2 Å². The number of phenolic OH excluding ortho intramolecular Hbond substituents is 1. The summed E-state index contributed by atoms with van der Waals surface area (Å²) in [6.07, 6.45) is 0. The molecule has 0 heterocycles. The molecule has 0 atom stereocenters.